The first-order valence-electron chi connectivity index (χ1n) is 8.13. The summed E-state index contributed by atoms with van der Waals surface area (Å²) < 4.78 is 38.6. The van der Waals surface area contributed by atoms with Crippen LogP contribution >= 0.6 is 0 Å². The maximum atomic E-state index is 12.8. The fourth-order valence-corrected chi connectivity index (χ4v) is 3.42. The summed E-state index contributed by atoms with van der Waals surface area (Å²) in [6.45, 7) is 4.41. The highest BCUT2D eigenvalue weighted by Gasteiger charge is 2.21. The predicted molar refractivity (Wildman–Crippen MR) is 99.4 cm³/mol. The molecule has 0 aliphatic rings. The van der Waals surface area contributed by atoms with Crippen LogP contribution in [0.1, 0.15) is 24.2 Å². The molecule has 0 atom stereocenters. The third kappa shape index (κ3) is 4.45. The smallest absolute Gasteiger partial charge is 0.262 e. The molecule has 7 nitrogen and oxygen atoms in total. The zero-order chi connectivity index (χ0) is 19.2. The van der Waals surface area contributed by atoms with E-state index in [0.717, 1.165) is 0 Å². The van der Waals surface area contributed by atoms with Gasteiger partial charge in [-0.15, -0.1) is 0 Å². The second-order valence-electron chi connectivity index (χ2n) is 5.26. The molecule has 0 aliphatic heterocycles. The maximum Gasteiger partial charge on any atom is 0.262 e. The van der Waals surface area contributed by atoms with E-state index in [9.17, 15) is 13.2 Å². The van der Waals surface area contributed by atoms with E-state index in [1.165, 1.54) is 25.3 Å². The van der Waals surface area contributed by atoms with Gasteiger partial charge in [-0.2, -0.15) is 0 Å². The van der Waals surface area contributed by atoms with Gasteiger partial charge in [0.05, 0.1) is 29.9 Å². The number of methoxy groups -OCH3 is 1. The van der Waals surface area contributed by atoms with Gasteiger partial charge in [0.25, 0.3) is 15.9 Å². The number of nitrogens with one attached hydrogen (secondary N) is 2. The summed E-state index contributed by atoms with van der Waals surface area (Å²) >= 11 is 0. The number of hydrogen-bond donors (Lipinski definition) is 2. The highest BCUT2D eigenvalue weighted by atomic mass is 32.2. The number of anilines is 1. The molecule has 1 amide bonds. The second-order valence-corrected chi connectivity index (χ2v) is 6.94. The molecule has 0 radical (unpaired) electrons. The molecule has 26 heavy (non-hydrogen) atoms. The lowest BCUT2D eigenvalue weighted by molar-refractivity contribution is 0.0952. The quantitative estimate of drug-likeness (QED) is 0.736. The van der Waals surface area contributed by atoms with E-state index in [-0.39, 0.29) is 10.5 Å². The van der Waals surface area contributed by atoms with Gasteiger partial charge in [-0.25, -0.2) is 8.42 Å². The Morgan fingerprint density at radius 1 is 1.08 bits per heavy atom. The maximum absolute atomic E-state index is 12.8. The van der Waals surface area contributed by atoms with Gasteiger partial charge < -0.3 is 14.8 Å². The van der Waals surface area contributed by atoms with Crippen molar-refractivity contribution in [2.24, 2.45) is 0 Å². The molecule has 2 aromatic rings. The molecule has 0 heterocycles. The van der Waals surface area contributed by atoms with Crippen LogP contribution < -0.4 is 19.5 Å². The van der Waals surface area contributed by atoms with Crippen molar-refractivity contribution in [2.75, 3.05) is 25.0 Å². The number of amides is 1. The third-order valence-electron chi connectivity index (χ3n) is 3.49. The zero-order valence-electron chi connectivity index (χ0n) is 14.9. The minimum Gasteiger partial charge on any atom is -0.496 e. The third-order valence-corrected chi connectivity index (χ3v) is 4.86. The SMILES string of the molecule is CCNC(=O)c1cc(S(=O)(=O)Nc2ccccc2OCC)ccc1OC. The van der Waals surface area contributed by atoms with Crippen LogP contribution in [0.25, 0.3) is 0 Å². The molecule has 0 bridgehead atoms. The molecule has 2 aromatic carbocycles. The number of ether oxygens (including phenoxy) is 2. The Balaban J connectivity index is 2.40. The summed E-state index contributed by atoms with van der Waals surface area (Å²) in [5.41, 5.74) is 0.472. The Morgan fingerprint density at radius 3 is 2.46 bits per heavy atom. The molecule has 2 N–H and O–H groups in total. The van der Waals surface area contributed by atoms with Gasteiger partial charge in [-0.05, 0) is 44.2 Å². The molecule has 140 valence electrons. The molecule has 8 heteroatoms. The van der Waals surface area contributed by atoms with Crippen molar-refractivity contribution in [3.05, 3.63) is 48.0 Å². The summed E-state index contributed by atoms with van der Waals surface area (Å²) in [5.74, 6) is 0.316. The normalized spacial score (nSPS) is 10.9. The summed E-state index contributed by atoms with van der Waals surface area (Å²) in [6.07, 6.45) is 0. The van der Waals surface area contributed by atoms with Crippen molar-refractivity contribution < 1.29 is 22.7 Å². The van der Waals surface area contributed by atoms with Crippen LogP contribution in [0.5, 0.6) is 11.5 Å². The van der Waals surface area contributed by atoms with Crippen LogP contribution in [0.2, 0.25) is 0 Å². The molecule has 2 rings (SSSR count). The minimum atomic E-state index is -3.92. The Morgan fingerprint density at radius 2 is 1.81 bits per heavy atom. The van der Waals surface area contributed by atoms with Gasteiger partial charge in [0.15, 0.2) is 0 Å². The molecular formula is C18H22N2O5S. The number of benzene rings is 2. The largest absolute Gasteiger partial charge is 0.496 e. The van der Waals surface area contributed by atoms with Crippen LogP contribution in [0.15, 0.2) is 47.4 Å². The van der Waals surface area contributed by atoms with E-state index in [2.05, 4.69) is 10.0 Å². The molecule has 0 fully saturated rings. The molecule has 0 saturated carbocycles. The average molecular weight is 378 g/mol. The first-order valence-corrected chi connectivity index (χ1v) is 9.62. The van der Waals surface area contributed by atoms with Crippen LogP contribution in [0.4, 0.5) is 5.69 Å². The lowest BCUT2D eigenvalue weighted by Crippen LogP contribution is -2.24. The molecule has 0 unspecified atom stereocenters. The predicted octanol–water partition coefficient (Wildman–Crippen LogP) is 2.64. The van der Waals surface area contributed by atoms with Crippen molar-refractivity contribution >= 4 is 21.6 Å². The molecule has 0 aliphatic carbocycles. The first kappa shape index (κ1) is 19.6. The summed E-state index contributed by atoms with van der Waals surface area (Å²) in [5, 5.41) is 2.64. The van der Waals surface area contributed by atoms with Crippen LogP contribution in [-0.2, 0) is 10.0 Å². The Labute approximate surface area is 153 Å². The van der Waals surface area contributed by atoms with E-state index in [1.54, 1.807) is 31.2 Å². The van der Waals surface area contributed by atoms with Gasteiger partial charge in [0, 0.05) is 6.54 Å². The van der Waals surface area contributed by atoms with Gasteiger partial charge in [-0.3, -0.25) is 9.52 Å². The van der Waals surface area contributed by atoms with Crippen molar-refractivity contribution in [2.45, 2.75) is 18.7 Å². The number of rotatable bonds is 8. The Hall–Kier alpha value is -2.74. The van der Waals surface area contributed by atoms with Crippen molar-refractivity contribution in [3.63, 3.8) is 0 Å². The fraction of sp³-hybridized carbons (Fsp3) is 0.278. The first-order chi connectivity index (χ1) is 12.4. The summed E-state index contributed by atoms with van der Waals surface area (Å²) in [7, 11) is -2.50. The molecule has 0 spiro atoms. The minimum absolute atomic E-state index is 0.0501. The number of para-hydroxylation sites is 2. The fourth-order valence-electron chi connectivity index (χ4n) is 2.32. The Kier molecular flexibility index (Phi) is 6.46. The summed E-state index contributed by atoms with van der Waals surface area (Å²) in [6, 6.07) is 10.9. The van der Waals surface area contributed by atoms with Crippen LogP contribution in [0, 0.1) is 0 Å². The highest BCUT2D eigenvalue weighted by molar-refractivity contribution is 7.92. The number of carbonyl (C=O) groups excluding carboxylic acids is 1. The van der Waals surface area contributed by atoms with Crippen LogP contribution in [-0.4, -0.2) is 34.6 Å². The molecular weight excluding hydrogens is 356 g/mol. The molecule has 0 aromatic heterocycles. The molecule has 0 saturated heterocycles. The standard InChI is InChI=1S/C18H22N2O5S/c1-4-19-18(21)14-12-13(10-11-16(14)24-3)26(22,23)20-15-8-6-7-9-17(15)25-5-2/h6-12,20H,4-5H2,1-3H3,(H,19,21). The van der Waals surface area contributed by atoms with E-state index < -0.39 is 15.9 Å². The second kappa shape index (κ2) is 8.57. The van der Waals surface area contributed by atoms with Crippen molar-refractivity contribution in [1.29, 1.82) is 0 Å². The van der Waals surface area contributed by atoms with Crippen molar-refractivity contribution in [1.82, 2.24) is 5.32 Å². The van der Waals surface area contributed by atoms with Gasteiger partial charge in [0.1, 0.15) is 11.5 Å². The van der Waals surface area contributed by atoms with E-state index in [0.29, 0.717) is 30.3 Å². The number of sulfonamides is 1. The number of carbonyl (C=O) groups is 1. The monoisotopic (exact) mass is 378 g/mol. The highest BCUT2D eigenvalue weighted by Crippen LogP contribution is 2.28. The summed E-state index contributed by atoms with van der Waals surface area (Å²) in [4.78, 5) is 12.1. The van der Waals surface area contributed by atoms with E-state index in [4.69, 9.17) is 9.47 Å². The van der Waals surface area contributed by atoms with E-state index in [1.807, 2.05) is 6.92 Å². The van der Waals surface area contributed by atoms with Crippen LogP contribution in [0.3, 0.4) is 0 Å². The number of hydrogen-bond acceptors (Lipinski definition) is 5. The zero-order valence-corrected chi connectivity index (χ0v) is 15.7. The van der Waals surface area contributed by atoms with Gasteiger partial charge >= 0.3 is 0 Å². The van der Waals surface area contributed by atoms with E-state index >= 15 is 0 Å². The lowest BCUT2D eigenvalue weighted by atomic mass is 10.2. The van der Waals surface area contributed by atoms with Gasteiger partial charge in [-0.1, -0.05) is 12.1 Å². The van der Waals surface area contributed by atoms with Crippen molar-refractivity contribution in [3.8, 4) is 11.5 Å². The lowest BCUT2D eigenvalue weighted by Gasteiger charge is -2.14. The van der Waals surface area contributed by atoms with Gasteiger partial charge in [0.2, 0.25) is 0 Å². The Bertz CT molecular complexity index is 881. The average Bonchev–Trinajstić information content (AvgIpc) is 2.63. The topological polar surface area (TPSA) is 93.7 Å².